The fraction of sp³-hybridized carbons (Fsp3) is 0.278. The van der Waals surface area contributed by atoms with E-state index < -0.39 is 17.7 Å². The zero-order valence-corrected chi connectivity index (χ0v) is 12.6. The third kappa shape index (κ3) is 3.67. The molecule has 0 spiro atoms. The van der Waals surface area contributed by atoms with Crippen LogP contribution in [0.25, 0.3) is 0 Å². The Bertz CT molecular complexity index is 664. The number of nitrogens with one attached hydrogen (secondary N) is 1. The summed E-state index contributed by atoms with van der Waals surface area (Å²) >= 11 is 0. The number of benzene rings is 2. The number of carbonyl (C=O) groups is 1. The summed E-state index contributed by atoms with van der Waals surface area (Å²) in [4.78, 5) is 14.6. The topological polar surface area (TPSA) is 32.3 Å². The van der Waals surface area contributed by atoms with Crippen LogP contribution in [-0.2, 0) is 4.79 Å². The van der Waals surface area contributed by atoms with Crippen molar-refractivity contribution in [1.82, 2.24) is 4.90 Å². The number of amides is 1. The second-order valence-corrected chi connectivity index (χ2v) is 5.68. The van der Waals surface area contributed by atoms with Crippen molar-refractivity contribution >= 4 is 11.6 Å². The van der Waals surface area contributed by atoms with Crippen LogP contribution in [-0.4, -0.2) is 23.9 Å². The van der Waals surface area contributed by atoms with Gasteiger partial charge in [-0.15, -0.1) is 0 Å². The number of likely N-dealkylation sites (tertiary alicyclic amines) is 1. The van der Waals surface area contributed by atoms with Crippen molar-refractivity contribution in [2.45, 2.75) is 18.9 Å². The van der Waals surface area contributed by atoms with Crippen LogP contribution in [0.15, 0.2) is 48.5 Å². The monoisotopic (exact) mass is 316 g/mol. The zero-order valence-electron chi connectivity index (χ0n) is 12.6. The minimum Gasteiger partial charge on any atom is -0.370 e. The predicted octanol–water partition coefficient (Wildman–Crippen LogP) is 3.74. The van der Waals surface area contributed by atoms with Gasteiger partial charge in [-0.1, -0.05) is 30.3 Å². The van der Waals surface area contributed by atoms with Crippen LogP contribution in [0.3, 0.4) is 0 Å². The lowest BCUT2D eigenvalue weighted by Gasteiger charge is -2.25. The van der Waals surface area contributed by atoms with Gasteiger partial charge < -0.3 is 10.2 Å². The Morgan fingerprint density at radius 1 is 1.00 bits per heavy atom. The average Bonchev–Trinajstić information content (AvgIpc) is 3.06. The Balaban J connectivity index is 1.90. The van der Waals surface area contributed by atoms with Crippen molar-refractivity contribution < 1.29 is 13.6 Å². The second kappa shape index (κ2) is 6.77. The number of hydrogen-bond acceptors (Lipinski definition) is 2. The van der Waals surface area contributed by atoms with Crippen LogP contribution >= 0.6 is 0 Å². The smallest absolute Gasteiger partial charge is 0.249 e. The average molecular weight is 316 g/mol. The van der Waals surface area contributed by atoms with Crippen molar-refractivity contribution in [3.05, 3.63) is 65.7 Å². The molecular weight excluding hydrogens is 298 g/mol. The maximum Gasteiger partial charge on any atom is 0.249 e. The highest BCUT2D eigenvalue weighted by atomic mass is 19.1. The highest BCUT2D eigenvalue weighted by molar-refractivity contribution is 5.86. The summed E-state index contributed by atoms with van der Waals surface area (Å²) in [6, 6.07) is 11.7. The van der Waals surface area contributed by atoms with Crippen molar-refractivity contribution in [3.63, 3.8) is 0 Å². The summed E-state index contributed by atoms with van der Waals surface area (Å²) in [6.45, 7) is 1.45. The van der Waals surface area contributed by atoms with Gasteiger partial charge >= 0.3 is 0 Å². The Morgan fingerprint density at radius 3 is 2.22 bits per heavy atom. The third-order valence-electron chi connectivity index (χ3n) is 3.97. The molecule has 0 aliphatic carbocycles. The highest BCUT2D eigenvalue weighted by Gasteiger charge is 2.27. The van der Waals surface area contributed by atoms with Gasteiger partial charge in [0.05, 0.1) is 0 Å². The SMILES string of the molecule is O=C(C(Nc1cc(F)cc(F)c1)c1ccccc1)N1CCCC1. The molecule has 0 saturated carbocycles. The summed E-state index contributed by atoms with van der Waals surface area (Å²) in [6.07, 6.45) is 1.98. The lowest BCUT2D eigenvalue weighted by molar-refractivity contribution is -0.131. The largest absolute Gasteiger partial charge is 0.370 e. The van der Waals surface area contributed by atoms with E-state index in [2.05, 4.69) is 5.32 Å². The van der Waals surface area contributed by atoms with Gasteiger partial charge in [-0.3, -0.25) is 4.79 Å². The first-order chi connectivity index (χ1) is 11.1. The fourth-order valence-electron chi connectivity index (χ4n) is 2.86. The molecule has 1 atom stereocenters. The number of rotatable bonds is 4. The molecule has 2 aromatic rings. The van der Waals surface area contributed by atoms with Gasteiger partial charge in [0.2, 0.25) is 5.91 Å². The molecule has 1 unspecified atom stereocenters. The molecule has 1 saturated heterocycles. The number of nitrogens with zero attached hydrogens (tertiary/aromatic N) is 1. The van der Waals surface area contributed by atoms with Crippen LogP contribution in [0.1, 0.15) is 24.4 Å². The minimum absolute atomic E-state index is 0.0710. The molecule has 120 valence electrons. The van der Waals surface area contributed by atoms with Crippen molar-refractivity contribution in [1.29, 1.82) is 0 Å². The van der Waals surface area contributed by atoms with Crippen LogP contribution in [0.4, 0.5) is 14.5 Å². The van der Waals surface area contributed by atoms with E-state index in [1.807, 2.05) is 30.3 Å². The summed E-state index contributed by atoms with van der Waals surface area (Å²) in [5.41, 5.74) is 1.03. The van der Waals surface area contributed by atoms with Crippen LogP contribution in [0.5, 0.6) is 0 Å². The first-order valence-electron chi connectivity index (χ1n) is 7.70. The Labute approximate surface area is 133 Å². The van der Waals surface area contributed by atoms with Gasteiger partial charge in [0.25, 0.3) is 0 Å². The molecule has 0 aromatic heterocycles. The van der Waals surface area contributed by atoms with E-state index in [0.717, 1.165) is 37.6 Å². The van der Waals surface area contributed by atoms with E-state index in [1.54, 1.807) is 4.90 Å². The maximum absolute atomic E-state index is 13.4. The molecule has 1 heterocycles. The molecule has 3 nitrogen and oxygen atoms in total. The fourth-order valence-corrected chi connectivity index (χ4v) is 2.86. The Hall–Kier alpha value is -2.43. The quantitative estimate of drug-likeness (QED) is 0.932. The summed E-state index contributed by atoms with van der Waals surface area (Å²) < 4.78 is 26.8. The van der Waals surface area contributed by atoms with Crippen molar-refractivity contribution in [3.8, 4) is 0 Å². The van der Waals surface area contributed by atoms with E-state index in [0.29, 0.717) is 0 Å². The second-order valence-electron chi connectivity index (χ2n) is 5.68. The molecule has 0 radical (unpaired) electrons. The first kappa shape index (κ1) is 15.5. The van der Waals surface area contributed by atoms with E-state index in [9.17, 15) is 13.6 Å². The highest BCUT2D eigenvalue weighted by Crippen LogP contribution is 2.25. The van der Waals surface area contributed by atoms with Crippen LogP contribution in [0.2, 0.25) is 0 Å². The van der Waals surface area contributed by atoms with Gasteiger partial charge in [0.15, 0.2) is 0 Å². The zero-order chi connectivity index (χ0) is 16.2. The van der Waals surface area contributed by atoms with Crippen molar-refractivity contribution in [2.24, 2.45) is 0 Å². The molecule has 0 bridgehead atoms. The molecule has 1 N–H and O–H groups in total. The maximum atomic E-state index is 13.4. The summed E-state index contributed by atoms with van der Waals surface area (Å²) in [5.74, 6) is -1.42. The number of carbonyl (C=O) groups excluding carboxylic acids is 1. The molecule has 1 fully saturated rings. The molecule has 5 heteroatoms. The molecule has 1 amide bonds. The predicted molar refractivity (Wildman–Crippen MR) is 85.0 cm³/mol. The lowest BCUT2D eigenvalue weighted by Crippen LogP contribution is -2.36. The minimum atomic E-state index is -0.673. The molecule has 1 aliphatic rings. The molecule has 3 rings (SSSR count). The normalized spacial score (nSPS) is 15.5. The van der Waals surface area contributed by atoms with Gasteiger partial charge in [0.1, 0.15) is 17.7 Å². The van der Waals surface area contributed by atoms with E-state index in [1.165, 1.54) is 12.1 Å². The molecule has 2 aromatic carbocycles. The first-order valence-corrected chi connectivity index (χ1v) is 7.70. The van der Waals surface area contributed by atoms with Gasteiger partial charge in [-0.05, 0) is 30.5 Å². The van der Waals surface area contributed by atoms with E-state index in [-0.39, 0.29) is 11.6 Å². The standard InChI is InChI=1S/C18H18F2N2O/c19-14-10-15(20)12-16(11-14)21-17(13-6-2-1-3-7-13)18(23)22-8-4-5-9-22/h1-3,6-7,10-12,17,21H,4-5,8-9H2. The summed E-state index contributed by atoms with van der Waals surface area (Å²) in [7, 11) is 0. The van der Waals surface area contributed by atoms with Gasteiger partial charge in [0, 0.05) is 24.8 Å². The summed E-state index contributed by atoms with van der Waals surface area (Å²) in [5, 5.41) is 2.98. The number of hydrogen-bond donors (Lipinski definition) is 1. The Morgan fingerprint density at radius 2 is 1.61 bits per heavy atom. The van der Waals surface area contributed by atoms with Gasteiger partial charge in [-0.2, -0.15) is 0 Å². The van der Waals surface area contributed by atoms with Crippen LogP contribution in [0, 0.1) is 11.6 Å². The Kier molecular flexibility index (Phi) is 4.55. The van der Waals surface area contributed by atoms with E-state index in [4.69, 9.17) is 0 Å². The lowest BCUT2D eigenvalue weighted by atomic mass is 10.0. The van der Waals surface area contributed by atoms with E-state index >= 15 is 0 Å². The molecular formula is C18H18F2N2O. The number of anilines is 1. The van der Waals surface area contributed by atoms with Crippen LogP contribution < -0.4 is 5.32 Å². The third-order valence-corrected chi connectivity index (χ3v) is 3.97. The van der Waals surface area contributed by atoms with Crippen molar-refractivity contribution in [2.75, 3.05) is 18.4 Å². The number of halogens is 2. The molecule has 1 aliphatic heterocycles. The van der Waals surface area contributed by atoms with Gasteiger partial charge in [-0.25, -0.2) is 8.78 Å². The molecule has 23 heavy (non-hydrogen) atoms.